The van der Waals surface area contributed by atoms with Gasteiger partial charge in [0.15, 0.2) is 0 Å². The lowest BCUT2D eigenvalue weighted by molar-refractivity contribution is -0.101. The first kappa shape index (κ1) is 2.14. The van der Waals surface area contributed by atoms with Crippen LogP contribution in [-0.4, -0.2) is 12.3 Å². The lowest BCUT2D eigenvalue weighted by Gasteiger charge is -1.79. The fraction of sp³-hybridized carbons (Fsp3) is 1.00. The quantitative estimate of drug-likeness (QED) is 0.405. The highest BCUT2D eigenvalue weighted by molar-refractivity contribution is 3.49. The maximum Gasteiger partial charge on any atom is 0.0599 e. The highest BCUT2D eigenvalue weighted by Crippen LogP contribution is 1.31. The molecule has 0 aliphatic rings. The minimum absolute atomic E-state index is 0.267. The average molecular weight is 64.1 g/mol. The second kappa shape index (κ2) is 2.88. The van der Waals surface area contributed by atoms with Crippen LogP contribution in [0.1, 0.15) is 1.37 Å². The summed E-state index contributed by atoms with van der Waals surface area (Å²) in [5.74, 6) is 0. The van der Waals surface area contributed by atoms with E-state index in [0.29, 0.717) is 0 Å². The molecule has 0 bridgehead atoms. The fourth-order valence-corrected chi connectivity index (χ4v) is 0. The molecule has 4 heavy (non-hydrogen) atoms. The van der Waals surface area contributed by atoms with Crippen molar-refractivity contribution in [3.8, 4) is 0 Å². The summed E-state index contributed by atoms with van der Waals surface area (Å²) < 4.78 is 6.16. The van der Waals surface area contributed by atoms with Crippen molar-refractivity contribution in [3.63, 3.8) is 0 Å². The van der Waals surface area contributed by atoms with E-state index in [1.807, 2.05) is 0 Å². The minimum atomic E-state index is -0.267. The Morgan fingerprint density at radius 2 is 3.25 bits per heavy atom. The van der Waals surface area contributed by atoms with Crippen LogP contribution in [0.5, 0.6) is 0 Å². The summed E-state index contributed by atoms with van der Waals surface area (Å²) in [6, 6.07) is 0. The first-order valence-corrected chi connectivity index (χ1v) is 0.716. The molecule has 0 amide bonds. The third-order valence-electron chi connectivity index (χ3n) is 0.0645. The van der Waals surface area contributed by atoms with Gasteiger partial charge in [-0.05, 0) is 0 Å². The summed E-state index contributed by atoms with van der Waals surface area (Å²) in [5, 5.41) is 7.47. The third kappa shape index (κ3) is 1.88. The van der Waals surface area contributed by atoms with Crippen molar-refractivity contribution in [1.29, 1.82) is 0 Å². The first-order valence-electron chi connectivity index (χ1n) is 1.42. The molecule has 0 saturated heterocycles. The molecular weight excluding hydrogens is 58.0 g/mol. The molecule has 0 aromatic heterocycles. The van der Waals surface area contributed by atoms with Gasteiger partial charge in [0.05, 0.1) is 8.46 Å². The van der Waals surface area contributed by atoms with Crippen LogP contribution < -0.4 is 5.64 Å². The van der Waals surface area contributed by atoms with Gasteiger partial charge in [-0.25, -0.2) is 0 Å². The van der Waals surface area contributed by atoms with Crippen LogP contribution in [0.2, 0.25) is 0 Å². The van der Waals surface area contributed by atoms with Gasteiger partial charge >= 0.3 is 0 Å². The van der Waals surface area contributed by atoms with Gasteiger partial charge in [-0.15, -0.1) is 0 Å². The molecule has 0 atom stereocenters. The largest absolute Gasteiger partial charge is 0.292 e. The lowest BCUT2D eigenvalue weighted by Crippen LogP contribution is -2.01. The van der Waals surface area contributed by atoms with Crippen LogP contribution in [0.15, 0.2) is 0 Å². The summed E-state index contributed by atoms with van der Waals surface area (Å²) in [6.07, 6.45) is 0. The molecule has 0 aromatic rings. The molecule has 0 heterocycles. The van der Waals surface area contributed by atoms with E-state index in [4.69, 9.17) is 6.58 Å². The number of rotatable bonds is 1. The van der Waals surface area contributed by atoms with Crippen LogP contribution >= 0.6 is 0 Å². The van der Waals surface area contributed by atoms with Gasteiger partial charge in [-0.2, -0.15) is 0 Å². The van der Waals surface area contributed by atoms with Gasteiger partial charge in [-0.3, -0.25) is 10.0 Å². The predicted molar refractivity (Wildman–Crippen MR) is 11.9 cm³/mol. The number of hydrogen-bond donors (Lipinski definition) is 2. The van der Waals surface area contributed by atoms with Crippen molar-refractivity contribution in [2.75, 3.05) is 7.09 Å². The van der Waals surface area contributed by atoms with Gasteiger partial charge in [-0.1, -0.05) is 5.64 Å². The van der Waals surface area contributed by atoms with E-state index in [2.05, 4.69) is 4.84 Å². The van der Waals surface area contributed by atoms with Crippen molar-refractivity contribution >= 4 is 0 Å². The summed E-state index contributed by atoms with van der Waals surface area (Å²) in [7, 11) is -0.267. The van der Waals surface area contributed by atoms with E-state index in [1.54, 1.807) is 0 Å². The molecule has 0 aliphatic carbocycles. The summed E-state index contributed by atoms with van der Waals surface area (Å²) in [5.41, 5.74) is 1.33. The highest BCUT2D eigenvalue weighted by atomic mass is 16.8. The van der Waals surface area contributed by atoms with Gasteiger partial charge in [0.1, 0.15) is 0 Å². The second-order valence-electron chi connectivity index (χ2n) is 0.236. The Bertz CT molecular complexity index is 17.1. The number of hydrogen-bond acceptors (Lipinski definition) is 3. The first-order chi connectivity index (χ1) is 2.41. The molecule has 0 aliphatic heterocycles. The Balaban J connectivity index is 2.19. The SMILES string of the molecule is [2H]CONO. The molecule has 3 nitrogen and oxygen atoms in total. The van der Waals surface area contributed by atoms with E-state index in [-0.39, 0.29) is 7.09 Å². The highest BCUT2D eigenvalue weighted by Gasteiger charge is 1.46. The van der Waals surface area contributed by atoms with Gasteiger partial charge in [0.2, 0.25) is 0 Å². The average Bonchev–Trinajstić information content (AvgIpc) is 1.41. The standard InChI is InChI=1S/CH5NO2/c1-4-2-3/h2-3H,1H3/i1D. The zero-order valence-electron chi connectivity index (χ0n) is 3.06. The molecule has 0 aromatic carbocycles. The smallest absolute Gasteiger partial charge is 0.0599 e. The van der Waals surface area contributed by atoms with Gasteiger partial charge in [0.25, 0.3) is 0 Å². The molecule has 3 heteroatoms. The summed E-state index contributed by atoms with van der Waals surface area (Å²) in [6.45, 7) is 0. The van der Waals surface area contributed by atoms with Crippen LogP contribution in [0.25, 0.3) is 0 Å². The maximum atomic E-state index is 7.47. The topological polar surface area (TPSA) is 41.5 Å². The van der Waals surface area contributed by atoms with Crippen molar-refractivity contribution in [2.45, 2.75) is 0 Å². The monoisotopic (exact) mass is 64.0 g/mol. The van der Waals surface area contributed by atoms with Crippen LogP contribution in [-0.2, 0) is 4.84 Å². The van der Waals surface area contributed by atoms with Crippen molar-refractivity contribution in [3.05, 3.63) is 0 Å². The van der Waals surface area contributed by atoms with E-state index < -0.39 is 0 Å². The van der Waals surface area contributed by atoms with Gasteiger partial charge < -0.3 is 0 Å². The van der Waals surface area contributed by atoms with Gasteiger partial charge in [0, 0.05) is 0 Å². The molecule has 0 unspecified atom stereocenters. The Kier molecular flexibility index (Phi) is 1.54. The zero-order valence-corrected chi connectivity index (χ0v) is 2.06. The Labute approximate surface area is 25.5 Å². The molecule has 2 N–H and O–H groups in total. The molecule has 0 saturated carbocycles. The van der Waals surface area contributed by atoms with E-state index in [0.717, 1.165) is 0 Å². The normalized spacial score (nSPS) is 10.8. The van der Waals surface area contributed by atoms with E-state index in [9.17, 15) is 0 Å². The van der Waals surface area contributed by atoms with Crippen LogP contribution in [0, 0.1) is 0 Å². The predicted octanol–water partition coefficient (Wildman–Crippen LogP) is -0.473. The minimum Gasteiger partial charge on any atom is -0.292 e. The van der Waals surface area contributed by atoms with Crippen LogP contribution in [0.3, 0.4) is 0 Å². The van der Waals surface area contributed by atoms with Crippen LogP contribution in [0.4, 0.5) is 0 Å². The maximum absolute atomic E-state index is 7.47. The third-order valence-corrected chi connectivity index (χ3v) is 0.0645. The molecule has 0 fully saturated rings. The van der Waals surface area contributed by atoms with Crippen molar-refractivity contribution in [1.82, 2.24) is 5.64 Å². The summed E-state index contributed by atoms with van der Waals surface area (Å²) >= 11 is 0. The molecular formula is CH5NO2. The lowest BCUT2D eigenvalue weighted by atomic mass is 11.7. The Hall–Kier alpha value is -0.120. The molecule has 26 valence electrons. The second-order valence-corrected chi connectivity index (χ2v) is 0.236. The fourth-order valence-electron chi connectivity index (χ4n) is 0. The molecule has 0 spiro atoms. The number of nitrogens with one attached hydrogen (secondary N) is 1. The zero-order chi connectivity index (χ0) is 4.12. The van der Waals surface area contributed by atoms with E-state index >= 15 is 0 Å². The Morgan fingerprint density at radius 1 is 2.50 bits per heavy atom. The van der Waals surface area contributed by atoms with E-state index in [1.165, 1.54) is 5.64 Å². The van der Waals surface area contributed by atoms with Crippen molar-refractivity contribution < 1.29 is 11.4 Å². The molecule has 0 rings (SSSR count). The van der Waals surface area contributed by atoms with Crippen molar-refractivity contribution in [2.24, 2.45) is 0 Å². The Morgan fingerprint density at radius 3 is 3.25 bits per heavy atom. The summed E-state index contributed by atoms with van der Waals surface area (Å²) in [4.78, 5) is 3.81. The molecule has 0 radical (unpaired) electrons.